The highest BCUT2D eigenvalue weighted by molar-refractivity contribution is 9.10. The van der Waals surface area contributed by atoms with Crippen molar-refractivity contribution >= 4 is 31.7 Å². The number of hydrogen-bond acceptors (Lipinski definition) is 4. The largest absolute Gasteiger partial charge is 0.481 e. The molecule has 0 saturated heterocycles. The third-order valence-electron chi connectivity index (χ3n) is 3.73. The second-order valence-corrected chi connectivity index (χ2v) is 8.14. The van der Waals surface area contributed by atoms with Crippen LogP contribution in [0, 0.1) is 5.41 Å². The van der Waals surface area contributed by atoms with Crippen LogP contribution in [0.4, 0.5) is 0 Å². The summed E-state index contributed by atoms with van der Waals surface area (Å²) < 4.78 is 29.7. The second kappa shape index (κ2) is 5.13. The van der Waals surface area contributed by atoms with Gasteiger partial charge in [0.05, 0.1) is 11.9 Å². The number of ether oxygens (including phenoxy) is 1. The van der Waals surface area contributed by atoms with Crippen molar-refractivity contribution in [2.24, 2.45) is 5.41 Å². The SMILES string of the molecule is COC[C@]1(C(=O)O)[C@H](c2ccc(Br)cc2)[C@@H]1S(C)(=O)=O. The molecule has 1 N–H and O–H groups in total. The smallest absolute Gasteiger partial charge is 0.314 e. The Hall–Kier alpha value is -0.920. The molecule has 1 fully saturated rings. The Kier molecular flexibility index (Phi) is 3.96. The minimum atomic E-state index is -3.48. The number of benzene rings is 1. The molecule has 0 amide bonds. The van der Waals surface area contributed by atoms with Crippen molar-refractivity contribution < 1.29 is 23.1 Å². The molecule has 1 aromatic carbocycles. The molecule has 0 radical (unpaired) electrons. The molecule has 5 nitrogen and oxygen atoms in total. The molecule has 1 aliphatic rings. The summed E-state index contributed by atoms with van der Waals surface area (Å²) in [7, 11) is -2.11. The quantitative estimate of drug-likeness (QED) is 0.861. The van der Waals surface area contributed by atoms with Gasteiger partial charge in [0.15, 0.2) is 9.84 Å². The van der Waals surface area contributed by atoms with Crippen molar-refractivity contribution in [3.63, 3.8) is 0 Å². The summed E-state index contributed by atoms with van der Waals surface area (Å²) >= 11 is 3.30. The van der Waals surface area contributed by atoms with Gasteiger partial charge in [0.1, 0.15) is 5.41 Å². The van der Waals surface area contributed by atoms with Crippen LogP contribution in [0.2, 0.25) is 0 Å². The van der Waals surface area contributed by atoms with Gasteiger partial charge < -0.3 is 9.84 Å². The van der Waals surface area contributed by atoms with E-state index in [4.69, 9.17) is 4.74 Å². The zero-order valence-electron chi connectivity index (χ0n) is 11.0. The first kappa shape index (κ1) is 15.5. The zero-order chi connectivity index (χ0) is 15.1. The lowest BCUT2D eigenvalue weighted by Gasteiger charge is -2.11. The fourth-order valence-electron chi connectivity index (χ4n) is 2.90. The van der Waals surface area contributed by atoms with Gasteiger partial charge in [-0.25, -0.2) is 8.42 Å². The molecule has 3 atom stereocenters. The molecule has 110 valence electrons. The van der Waals surface area contributed by atoms with Gasteiger partial charge in [0, 0.05) is 23.8 Å². The Labute approximate surface area is 126 Å². The van der Waals surface area contributed by atoms with Crippen molar-refractivity contribution in [3.8, 4) is 0 Å². The van der Waals surface area contributed by atoms with Gasteiger partial charge in [-0.2, -0.15) is 0 Å². The average molecular weight is 363 g/mol. The van der Waals surface area contributed by atoms with Crippen LogP contribution in [0.1, 0.15) is 11.5 Å². The van der Waals surface area contributed by atoms with Crippen LogP contribution in [0.5, 0.6) is 0 Å². The van der Waals surface area contributed by atoms with E-state index in [9.17, 15) is 18.3 Å². The van der Waals surface area contributed by atoms with Crippen LogP contribution < -0.4 is 0 Å². The molecular weight excluding hydrogens is 348 g/mol. The van der Waals surface area contributed by atoms with E-state index in [1.165, 1.54) is 7.11 Å². The number of halogens is 1. The normalized spacial score (nSPS) is 29.1. The molecule has 0 aliphatic heterocycles. The summed E-state index contributed by atoms with van der Waals surface area (Å²) in [5.41, 5.74) is -0.695. The lowest BCUT2D eigenvalue weighted by molar-refractivity contribution is -0.145. The molecule has 1 aliphatic carbocycles. The first-order valence-corrected chi connectivity index (χ1v) is 8.66. The van der Waals surface area contributed by atoms with Gasteiger partial charge in [0.25, 0.3) is 0 Å². The van der Waals surface area contributed by atoms with Crippen LogP contribution in [-0.2, 0) is 19.4 Å². The molecule has 0 unspecified atom stereocenters. The van der Waals surface area contributed by atoms with Crippen molar-refractivity contribution in [1.29, 1.82) is 0 Å². The summed E-state index contributed by atoms with van der Waals surface area (Å²) in [6, 6.07) is 7.03. The van der Waals surface area contributed by atoms with Gasteiger partial charge in [-0.05, 0) is 17.7 Å². The van der Waals surface area contributed by atoms with Gasteiger partial charge in [-0.3, -0.25) is 4.79 Å². The first-order valence-electron chi connectivity index (χ1n) is 5.92. The molecule has 0 heterocycles. The maximum absolute atomic E-state index is 11.9. The molecule has 7 heteroatoms. The lowest BCUT2D eigenvalue weighted by atomic mass is 10.0. The fraction of sp³-hybridized carbons (Fsp3) is 0.462. The minimum absolute atomic E-state index is 0.124. The third-order valence-corrected chi connectivity index (χ3v) is 5.87. The van der Waals surface area contributed by atoms with E-state index < -0.39 is 32.4 Å². The van der Waals surface area contributed by atoms with Crippen molar-refractivity contribution in [2.45, 2.75) is 11.2 Å². The van der Waals surface area contributed by atoms with E-state index in [-0.39, 0.29) is 6.61 Å². The molecule has 1 aromatic rings. The maximum Gasteiger partial charge on any atom is 0.314 e. The van der Waals surface area contributed by atoms with Gasteiger partial charge in [-0.1, -0.05) is 28.1 Å². The number of carboxylic acids is 1. The Morgan fingerprint density at radius 3 is 2.35 bits per heavy atom. The van der Waals surface area contributed by atoms with E-state index >= 15 is 0 Å². The Balaban J connectivity index is 2.49. The standard InChI is InChI=1S/C13H15BrO5S/c1-19-7-13(12(15)16)10(11(13)20(2,17)18)8-3-5-9(14)6-4-8/h3-6,10-11H,7H2,1-2H3,(H,15,16)/t10-,11+,13+/m1/s1. The maximum atomic E-state index is 11.9. The number of aliphatic carboxylic acids is 1. The number of methoxy groups -OCH3 is 1. The number of carboxylic acid groups (broad SMARTS) is 1. The van der Waals surface area contributed by atoms with Crippen LogP contribution in [0.25, 0.3) is 0 Å². The Morgan fingerprint density at radius 2 is 1.95 bits per heavy atom. The average Bonchev–Trinajstić information content (AvgIpc) is 3.01. The number of carbonyl (C=O) groups is 1. The van der Waals surface area contributed by atoms with Gasteiger partial charge >= 0.3 is 5.97 Å². The molecule has 20 heavy (non-hydrogen) atoms. The molecule has 1 saturated carbocycles. The fourth-order valence-corrected chi connectivity index (χ4v) is 5.06. The van der Waals surface area contributed by atoms with Crippen LogP contribution >= 0.6 is 15.9 Å². The van der Waals surface area contributed by atoms with E-state index in [0.29, 0.717) is 5.56 Å². The topological polar surface area (TPSA) is 80.7 Å². The van der Waals surface area contributed by atoms with E-state index in [1.54, 1.807) is 24.3 Å². The predicted molar refractivity (Wildman–Crippen MR) is 77.5 cm³/mol. The van der Waals surface area contributed by atoms with Crippen molar-refractivity contribution in [2.75, 3.05) is 20.0 Å². The Bertz CT molecular complexity index is 625. The molecule has 0 aromatic heterocycles. The predicted octanol–water partition coefficient (Wildman–Crippen LogP) is 1.68. The molecule has 2 rings (SSSR count). The van der Waals surface area contributed by atoms with Crippen LogP contribution in [-0.4, -0.2) is 44.7 Å². The number of hydrogen-bond donors (Lipinski definition) is 1. The highest BCUT2D eigenvalue weighted by Gasteiger charge is 2.74. The van der Waals surface area contributed by atoms with Gasteiger partial charge in [-0.15, -0.1) is 0 Å². The summed E-state index contributed by atoms with van der Waals surface area (Å²) in [5, 5.41) is 8.55. The first-order chi connectivity index (χ1) is 9.25. The summed E-state index contributed by atoms with van der Waals surface area (Å²) in [6.07, 6.45) is 1.07. The van der Waals surface area contributed by atoms with Crippen molar-refractivity contribution in [1.82, 2.24) is 0 Å². The second-order valence-electron chi connectivity index (χ2n) is 5.06. The highest BCUT2D eigenvalue weighted by Crippen LogP contribution is 2.63. The van der Waals surface area contributed by atoms with E-state index in [0.717, 1.165) is 10.7 Å². The van der Waals surface area contributed by atoms with Crippen LogP contribution in [0.3, 0.4) is 0 Å². The summed E-state index contributed by atoms with van der Waals surface area (Å²) in [5.74, 6) is -1.72. The van der Waals surface area contributed by atoms with Crippen molar-refractivity contribution in [3.05, 3.63) is 34.3 Å². The van der Waals surface area contributed by atoms with Crippen LogP contribution in [0.15, 0.2) is 28.7 Å². The van der Waals surface area contributed by atoms with E-state index in [2.05, 4.69) is 15.9 Å². The number of sulfone groups is 1. The molecule has 0 spiro atoms. The lowest BCUT2D eigenvalue weighted by Crippen LogP contribution is -2.28. The zero-order valence-corrected chi connectivity index (χ0v) is 13.4. The number of rotatable bonds is 5. The molecule has 0 bridgehead atoms. The van der Waals surface area contributed by atoms with E-state index in [1.807, 2.05) is 0 Å². The third kappa shape index (κ3) is 2.38. The Morgan fingerprint density at radius 1 is 1.40 bits per heavy atom. The minimum Gasteiger partial charge on any atom is -0.481 e. The highest BCUT2D eigenvalue weighted by atomic mass is 79.9. The van der Waals surface area contributed by atoms with Gasteiger partial charge in [0.2, 0.25) is 0 Å². The molecular formula is C13H15BrO5S. The summed E-state index contributed by atoms with van der Waals surface area (Å²) in [6.45, 7) is -0.124. The monoisotopic (exact) mass is 362 g/mol. The summed E-state index contributed by atoms with van der Waals surface area (Å²) in [4.78, 5) is 11.6.